The van der Waals surface area contributed by atoms with Gasteiger partial charge in [-0.15, -0.1) is 23.5 Å². The fourth-order valence-corrected chi connectivity index (χ4v) is 12.5. The first kappa shape index (κ1) is 43.3. The van der Waals surface area contributed by atoms with Crippen molar-refractivity contribution in [2.45, 2.75) is 98.7 Å². The normalized spacial score (nSPS) is 25.0. The number of ether oxygens (including phenoxy) is 2. The zero-order valence-corrected chi connectivity index (χ0v) is 36.0. The van der Waals surface area contributed by atoms with E-state index < -0.39 is 58.5 Å². The lowest BCUT2D eigenvalue weighted by Gasteiger charge is -2.54. The molecular weight excluding hydrogens is 853 g/mol. The number of thioether (sulfide) groups is 2. The molecule has 0 spiro atoms. The van der Waals surface area contributed by atoms with Crippen LogP contribution < -0.4 is 14.8 Å². The Morgan fingerprint density at radius 2 is 1.15 bits per heavy atom. The molecule has 318 valence electrons. The molecule has 2 aromatic carbocycles. The van der Waals surface area contributed by atoms with E-state index in [1.807, 2.05) is 30.3 Å². The Hall–Kier alpha value is -4.79. The summed E-state index contributed by atoms with van der Waals surface area (Å²) in [7, 11) is -7.36. The molecule has 4 aromatic rings. The lowest BCUT2D eigenvalue weighted by Crippen LogP contribution is -2.87. The standard InChI is InChI=1S/C40H44N6O10S4/c1-59(51,52)35-18-10-30(11-19-35)55-40(56-31-12-20-36(21-13-31)60(2,53)54)39(45(47)48,46(49)50)38(43-27-44-40,28-6-14-32(15-7-28)57-34-22-25-41-26-23-34)29-8-16-33(17-9-29)58-37-5-3-4-24-42-37/h3-5,10-13,18-29,32-33H,6-9,14-17H2,1-2H3,(H,43,44). The number of benzene rings is 2. The lowest BCUT2D eigenvalue weighted by atomic mass is 9.57. The van der Waals surface area contributed by atoms with Crippen molar-refractivity contribution in [3.63, 3.8) is 0 Å². The van der Waals surface area contributed by atoms with Crippen LogP contribution in [0, 0.1) is 32.1 Å². The van der Waals surface area contributed by atoms with Crippen LogP contribution in [0.3, 0.4) is 0 Å². The van der Waals surface area contributed by atoms with Crippen LogP contribution in [0.1, 0.15) is 51.4 Å². The third-order valence-electron chi connectivity index (χ3n) is 11.6. The fraction of sp³-hybridized carbons (Fsp3) is 0.425. The van der Waals surface area contributed by atoms with E-state index in [1.165, 1.54) is 54.9 Å². The zero-order chi connectivity index (χ0) is 42.8. The van der Waals surface area contributed by atoms with Crippen molar-refractivity contribution in [1.82, 2.24) is 15.3 Å². The second-order valence-corrected chi connectivity index (χ2v) is 22.0. The average Bonchev–Trinajstić information content (AvgIpc) is 3.21. The van der Waals surface area contributed by atoms with Crippen molar-refractivity contribution < 1.29 is 36.2 Å². The summed E-state index contributed by atoms with van der Waals surface area (Å²) in [6, 6.07) is 19.3. The largest absolute Gasteiger partial charge is 0.578 e. The molecule has 1 atom stereocenters. The van der Waals surface area contributed by atoms with E-state index in [-0.39, 0.29) is 31.8 Å². The van der Waals surface area contributed by atoms with E-state index in [2.05, 4.69) is 20.3 Å². The fourth-order valence-electron chi connectivity index (χ4n) is 8.93. The van der Waals surface area contributed by atoms with Gasteiger partial charge in [-0.3, -0.25) is 25.2 Å². The van der Waals surface area contributed by atoms with Gasteiger partial charge in [0, 0.05) is 46.5 Å². The molecule has 2 saturated carbocycles. The predicted octanol–water partition coefficient (Wildman–Crippen LogP) is 6.72. The highest BCUT2D eigenvalue weighted by molar-refractivity contribution is 8.00. The molecule has 1 aliphatic heterocycles. The topological polar surface area (TPSA) is 223 Å². The summed E-state index contributed by atoms with van der Waals surface area (Å²) in [5, 5.41) is 32.9. The molecule has 60 heavy (non-hydrogen) atoms. The zero-order valence-electron chi connectivity index (χ0n) is 32.7. The Morgan fingerprint density at radius 3 is 1.58 bits per heavy atom. The minimum absolute atomic E-state index is 0.0825. The molecule has 0 saturated heterocycles. The molecule has 0 radical (unpaired) electrons. The molecule has 1 N–H and O–H groups in total. The van der Waals surface area contributed by atoms with Gasteiger partial charge in [0.05, 0.1) is 21.2 Å². The van der Waals surface area contributed by atoms with Crippen LogP contribution in [0.25, 0.3) is 0 Å². The number of aliphatic imine (C=N–C) groups is 1. The van der Waals surface area contributed by atoms with Crippen LogP contribution in [0.5, 0.6) is 11.5 Å². The van der Waals surface area contributed by atoms with Gasteiger partial charge in [-0.1, -0.05) is 6.07 Å². The Labute approximate surface area is 356 Å². The van der Waals surface area contributed by atoms with Gasteiger partial charge in [0.25, 0.3) is 0 Å². The van der Waals surface area contributed by atoms with Gasteiger partial charge >= 0.3 is 11.6 Å². The van der Waals surface area contributed by atoms with Crippen LogP contribution in [-0.4, -0.2) is 83.1 Å². The molecule has 2 aliphatic carbocycles. The smallest absolute Gasteiger partial charge is 0.423 e. The van der Waals surface area contributed by atoms with E-state index in [9.17, 15) is 37.1 Å². The summed E-state index contributed by atoms with van der Waals surface area (Å²) in [6.45, 7) is 0. The van der Waals surface area contributed by atoms with E-state index >= 15 is 0 Å². The number of hydrogen-bond acceptors (Lipinski definition) is 16. The number of nitrogens with zero attached hydrogens (tertiary/aromatic N) is 5. The number of nitro groups is 2. The predicted molar refractivity (Wildman–Crippen MR) is 226 cm³/mol. The highest BCUT2D eigenvalue weighted by Crippen LogP contribution is 2.57. The maximum Gasteiger partial charge on any atom is 0.578 e. The summed E-state index contributed by atoms with van der Waals surface area (Å²) >= 11 is 3.27. The van der Waals surface area contributed by atoms with E-state index in [0.717, 1.165) is 22.4 Å². The molecule has 2 fully saturated rings. The van der Waals surface area contributed by atoms with E-state index in [0.29, 0.717) is 51.4 Å². The molecule has 20 heteroatoms. The SMILES string of the molecule is CS(=O)(=O)c1ccc(OC2(Oc3ccc(S(C)(=O)=O)cc3)N=CNC(C3CCC(Sc4ccncc4)CC3)(C3CCC(Sc4ccccn4)CC3)C2([N+](=O)[O-])[N+](=O)[O-])cc1. The van der Waals surface area contributed by atoms with Crippen molar-refractivity contribution in [2.75, 3.05) is 12.5 Å². The van der Waals surface area contributed by atoms with Gasteiger partial charge in [0.1, 0.15) is 21.3 Å². The number of hydrogen-bond donors (Lipinski definition) is 1. The Balaban J connectivity index is 1.37. The second-order valence-electron chi connectivity index (χ2n) is 15.3. The number of sulfone groups is 2. The van der Waals surface area contributed by atoms with E-state index in [1.54, 1.807) is 42.1 Å². The van der Waals surface area contributed by atoms with Crippen LogP contribution in [0.4, 0.5) is 0 Å². The lowest BCUT2D eigenvalue weighted by molar-refractivity contribution is -0.839. The summed E-state index contributed by atoms with van der Waals surface area (Å²) in [5.74, 6) is -4.77. The molecule has 2 aromatic heterocycles. The Bertz CT molecular complexity index is 2260. The first-order chi connectivity index (χ1) is 28.6. The molecule has 3 aliphatic rings. The molecule has 1 unspecified atom stereocenters. The summed E-state index contributed by atoms with van der Waals surface area (Å²) < 4.78 is 62.3. The highest BCUT2D eigenvalue weighted by atomic mass is 32.2. The van der Waals surface area contributed by atoms with Crippen molar-refractivity contribution in [3.05, 3.63) is 118 Å². The maximum absolute atomic E-state index is 14.3. The van der Waals surface area contributed by atoms with Crippen molar-refractivity contribution in [3.8, 4) is 11.5 Å². The van der Waals surface area contributed by atoms with Crippen LogP contribution in [0.15, 0.2) is 122 Å². The van der Waals surface area contributed by atoms with Crippen LogP contribution in [0.2, 0.25) is 0 Å². The number of nitrogens with one attached hydrogen (secondary N) is 1. The summed E-state index contributed by atoms with van der Waals surface area (Å²) in [5.41, 5.74) is -5.35. The van der Waals surface area contributed by atoms with Gasteiger partial charge < -0.3 is 14.8 Å². The van der Waals surface area contributed by atoms with Crippen LogP contribution >= 0.6 is 23.5 Å². The second kappa shape index (κ2) is 17.3. The highest BCUT2D eigenvalue weighted by Gasteiger charge is 2.92. The van der Waals surface area contributed by atoms with Crippen molar-refractivity contribution in [1.29, 1.82) is 0 Å². The van der Waals surface area contributed by atoms with Crippen molar-refractivity contribution >= 4 is 49.5 Å². The molecule has 0 amide bonds. The number of pyridine rings is 2. The van der Waals surface area contributed by atoms with Gasteiger partial charge in [-0.2, -0.15) is 4.99 Å². The third-order valence-corrected chi connectivity index (χ3v) is 16.5. The minimum Gasteiger partial charge on any atom is -0.423 e. The molecule has 3 heterocycles. The first-order valence-electron chi connectivity index (χ1n) is 19.3. The van der Waals surface area contributed by atoms with E-state index in [4.69, 9.17) is 9.47 Å². The average molecular weight is 897 g/mol. The molecular formula is C40H44N6O10S4. The summed E-state index contributed by atoms with van der Waals surface area (Å²) in [6.07, 6.45) is 12.3. The van der Waals surface area contributed by atoms with Gasteiger partial charge in [0.15, 0.2) is 25.2 Å². The minimum atomic E-state index is -3.68. The van der Waals surface area contributed by atoms with Gasteiger partial charge in [-0.05, 0) is 136 Å². The van der Waals surface area contributed by atoms with Crippen LogP contribution in [-0.2, 0) is 19.7 Å². The number of rotatable bonds is 14. The summed E-state index contributed by atoms with van der Waals surface area (Å²) in [4.78, 5) is 40.5. The number of aromatic nitrogens is 2. The first-order valence-corrected chi connectivity index (χ1v) is 24.8. The maximum atomic E-state index is 14.3. The third kappa shape index (κ3) is 8.42. The molecule has 0 bridgehead atoms. The Morgan fingerprint density at radius 1 is 0.667 bits per heavy atom. The monoisotopic (exact) mass is 896 g/mol. The van der Waals surface area contributed by atoms with Gasteiger partial charge in [-0.25, -0.2) is 21.8 Å². The van der Waals surface area contributed by atoms with Crippen molar-refractivity contribution in [2.24, 2.45) is 16.8 Å². The quantitative estimate of drug-likeness (QED) is 0.0788. The van der Waals surface area contributed by atoms with Gasteiger partial charge in [0.2, 0.25) is 0 Å². The molecule has 7 rings (SSSR count). The molecule has 16 nitrogen and oxygen atoms in total. The Kier molecular flexibility index (Phi) is 12.5.